The predicted octanol–water partition coefficient (Wildman–Crippen LogP) is 14.5. The third kappa shape index (κ3) is 5.26. The molecular weight excluding hydrogens is 677 g/mol. The standard InChI is InChI=1S/C54H36N2/c1-4-14-37(15-5-1)40-26-31-45(49(34-40)38-16-6-2-7-17-38)39-24-29-44(30-25-39)56-51-22-12-10-20-46(51)48-32-27-42(36-54(48)56)41-28-33-53-50(35-41)47-21-11-13-23-52(47)55(53)43-18-8-3-9-19-43/h1-36H. The van der Waals surface area contributed by atoms with Gasteiger partial charge in [-0.3, -0.25) is 0 Å². The summed E-state index contributed by atoms with van der Waals surface area (Å²) in [6.07, 6.45) is 0. The van der Waals surface area contributed by atoms with Crippen LogP contribution in [0, 0.1) is 0 Å². The van der Waals surface area contributed by atoms with Crippen molar-refractivity contribution in [2.75, 3.05) is 0 Å². The molecule has 0 aliphatic rings. The van der Waals surface area contributed by atoms with Gasteiger partial charge in [-0.2, -0.15) is 0 Å². The zero-order chi connectivity index (χ0) is 37.0. The summed E-state index contributed by atoms with van der Waals surface area (Å²) in [7, 11) is 0. The monoisotopic (exact) mass is 712 g/mol. The van der Waals surface area contributed by atoms with Gasteiger partial charge in [-0.05, 0) is 105 Å². The fourth-order valence-corrected chi connectivity index (χ4v) is 8.69. The maximum atomic E-state index is 2.42. The molecule has 0 saturated heterocycles. The second-order valence-corrected chi connectivity index (χ2v) is 14.5. The van der Waals surface area contributed by atoms with E-state index in [1.165, 1.54) is 93.8 Å². The number of benzene rings is 9. The molecule has 0 aliphatic heterocycles. The molecule has 2 aromatic heterocycles. The van der Waals surface area contributed by atoms with Gasteiger partial charge in [0, 0.05) is 32.9 Å². The minimum absolute atomic E-state index is 1.14. The van der Waals surface area contributed by atoms with E-state index in [4.69, 9.17) is 0 Å². The molecule has 11 aromatic rings. The van der Waals surface area contributed by atoms with Gasteiger partial charge in [0.25, 0.3) is 0 Å². The van der Waals surface area contributed by atoms with Crippen molar-refractivity contribution in [1.82, 2.24) is 9.13 Å². The van der Waals surface area contributed by atoms with E-state index in [9.17, 15) is 0 Å². The molecule has 0 spiro atoms. The second kappa shape index (κ2) is 13.2. The van der Waals surface area contributed by atoms with Gasteiger partial charge in [0.1, 0.15) is 0 Å². The Bertz CT molecular complexity index is 3210. The fraction of sp³-hybridized carbons (Fsp3) is 0. The highest BCUT2D eigenvalue weighted by Gasteiger charge is 2.17. The van der Waals surface area contributed by atoms with Crippen LogP contribution < -0.4 is 0 Å². The number of fused-ring (bicyclic) bond motifs is 6. The first-order chi connectivity index (χ1) is 27.8. The van der Waals surface area contributed by atoms with Crippen LogP contribution in [0.25, 0.3) is 99.5 Å². The average Bonchev–Trinajstić information content (AvgIpc) is 3.79. The van der Waals surface area contributed by atoms with Crippen molar-refractivity contribution in [2.24, 2.45) is 0 Å². The highest BCUT2D eigenvalue weighted by Crippen LogP contribution is 2.40. The Kier molecular flexibility index (Phi) is 7.53. The van der Waals surface area contributed by atoms with Crippen molar-refractivity contribution in [2.45, 2.75) is 0 Å². The molecular formula is C54H36N2. The lowest BCUT2D eigenvalue weighted by Gasteiger charge is -2.15. The Morgan fingerprint density at radius 1 is 0.214 bits per heavy atom. The van der Waals surface area contributed by atoms with E-state index >= 15 is 0 Å². The molecule has 0 fully saturated rings. The SMILES string of the molecule is c1ccc(-c2ccc(-c3ccc(-n4c5ccccc5c5ccc(-c6ccc7c(c6)c6ccccc6n7-c6ccccc6)cc54)cc3)c(-c3ccccc3)c2)cc1. The maximum Gasteiger partial charge on any atom is 0.0547 e. The Morgan fingerprint density at radius 2 is 0.661 bits per heavy atom. The normalized spacial score (nSPS) is 11.6. The van der Waals surface area contributed by atoms with Gasteiger partial charge < -0.3 is 9.13 Å². The van der Waals surface area contributed by atoms with Crippen molar-refractivity contribution in [1.29, 1.82) is 0 Å². The van der Waals surface area contributed by atoms with E-state index < -0.39 is 0 Å². The van der Waals surface area contributed by atoms with E-state index in [-0.39, 0.29) is 0 Å². The van der Waals surface area contributed by atoms with Crippen LogP contribution in [0.4, 0.5) is 0 Å². The molecule has 0 bridgehead atoms. The number of aromatic nitrogens is 2. The predicted molar refractivity (Wildman–Crippen MR) is 237 cm³/mol. The number of hydrogen-bond donors (Lipinski definition) is 0. The van der Waals surface area contributed by atoms with Gasteiger partial charge in [-0.15, -0.1) is 0 Å². The Balaban J connectivity index is 1.04. The summed E-state index contributed by atoms with van der Waals surface area (Å²) in [6, 6.07) is 79.4. The van der Waals surface area contributed by atoms with Crippen LogP contribution in [0.1, 0.15) is 0 Å². The van der Waals surface area contributed by atoms with Crippen molar-refractivity contribution in [3.8, 4) is 55.9 Å². The molecule has 262 valence electrons. The molecule has 0 N–H and O–H groups in total. The summed E-state index contributed by atoms with van der Waals surface area (Å²) >= 11 is 0. The molecule has 0 unspecified atom stereocenters. The van der Waals surface area contributed by atoms with Crippen LogP contribution in [0.15, 0.2) is 218 Å². The quantitative estimate of drug-likeness (QED) is 0.162. The topological polar surface area (TPSA) is 9.86 Å². The third-order valence-electron chi connectivity index (χ3n) is 11.3. The molecule has 9 aromatic carbocycles. The Morgan fingerprint density at radius 3 is 1.38 bits per heavy atom. The van der Waals surface area contributed by atoms with Crippen LogP contribution in [0.2, 0.25) is 0 Å². The lowest BCUT2D eigenvalue weighted by Crippen LogP contribution is -1.95. The largest absolute Gasteiger partial charge is 0.309 e. The van der Waals surface area contributed by atoms with Gasteiger partial charge in [0.2, 0.25) is 0 Å². The van der Waals surface area contributed by atoms with E-state index in [0.717, 1.165) is 5.69 Å². The maximum absolute atomic E-state index is 2.42. The first kappa shape index (κ1) is 32.0. The average molecular weight is 713 g/mol. The molecule has 0 amide bonds. The molecule has 0 saturated carbocycles. The lowest BCUT2D eigenvalue weighted by atomic mass is 9.91. The van der Waals surface area contributed by atoms with Crippen molar-refractivity contribution < 1.29 is 0 Å². The summed E-state index contributed by atoms with van der Waals surface area (Å²) in [5, 5.41) is 5.01. The number of para-hydroxylation sites is 3. The second-order valence-electron chi connectivity index (χ2n) is 14.5. The zero-order valence-electron chi connectivity index (χ0n) is 30.7. The van der Waals surface area contributed by atoms with Crippen LogP contribution in [0.3, 0.4) is 0 Å². The summed E-state index contributed by atoms with van der Waals surface area (Å²) in [5.74, 6) is 0. The first-order valence-electron chi connectivity index (χ1n) is 19.3. The summed E-state index contributed by atoms with van der Waals surface area (Å²) in [4.78, 5) is 0. The van der Waals surface area contributed by atoms with Crippen LogP contribution in [0.5, 0.6) is 0 Å². The molecule has 0 aliphatic carbocycles. The first-order valence-corrected chi connectivity index (χ1v) is 19.3. The summed E-state index contributed by atoms with van der Waals surface area (Å²) in [6.45, 7) is 0. The molecule has 0 atom stereocenters. The summed E-state index contributed by atoms with van der Waals surface area (Å²) < 4.78 is 4.80. The van der Waals surface area contributed by atoms with Gasteiger partial charge in [-0.25, -0.2) is 0 Å². The van der Waals surface area contributed by atoms with Gasteiger partial charge in [0.05, 0.1) is 22.1 Å². The minimum Gasteiger partial charge on any atom is -0.309 e. The Labute approximate surface area is 325 Å². The smallest absolute Gasteiger partial charge is 0.0547 e. The fourth-order valence-electron chi connectivity index (χ4n) is 8.69. The highest BCUT2D eigenvalue weighted by molar-refractivity contribution is 6.12. The van der Waals surface area contributed by atoms with Crippen molar-refractivity contribution in [3.63, 3.8) is 0 Å². The van der Waals surface area contributed by atoms with E-state index in [0.29, 0.717) is 0 Å². The molecule has 2 heteroatoms. The summed E-state index contributed by atoms with van der Waals surface area (Å²) in [5.41, 5.74) is 16.8. The van der Waals surface area contributed by atoms with Crippen LogP contribution >= 0.6 is 0 Å². The number of rotatable bonds is 6. The van der Waals surface area contributed by atoms with Gasteiger partial charge in [-0.1, -0.05) is 158 Å². The molecule has 11 rings (SSSR count). The zero-order valence-corrected chi connectivity index (χ0v) is 30.7. The third-order valence-corrected chi connectivity index (χ3v) is 11.3. The number of hydrogen-bond acceptors (Lipinski definition) is 0. The molecule has 2 nitrogen and oxygen atoms in total. The van der Waals surface area contributed by atoms with E-state index in [1.54, 1.807) is 0 Å². The molecule has 0 radical (unpaired) electrons. The van der Waals surface area contributed by atoms with E-state index in [2.05, 4.69) is 228 Å². The van der Waals surface area contributed by atoms with Gasteiger partial charge >= 0.3 is 0 Å². The van der Waals surface area contributed by atoms with Crippen LogP contribution in [-0.4, -0.2) is 9.13 Å². The molecule has 56 heavy (non-hydrogen) atoms. The van der Waals surface area contributed by atoms with Gasteiger partial charge in [0.15, 0.2) is 0 Å². The van der Waals surface area contributed by atoms with Crippen molar-refractivity contribution >= 4 is 43.6 Å². The highest BCUT2D eigenvalue weighted by atomic mass is 15.0. The van der Waals surface area contributed by atoms with Crippen LogP contribution in [-0.2, 0) is 0 Å². The Hall–Kier alpha value is -7.42. The minimum atomic E-state index is 1.14. The lowest BCUT2D eigenvalue weighted by molar-refractivity contribution is 1.18. The number of nitrogens with zero attached hydrogens (tertiary/aromatic N) is 2. The molecule has 2 heterocycles. The van der Waals surface area contributed by atoms with E-state index in [1.807, 2.05) is 0 Å². The van der Waals surface area contributed by atoms with Crippen molar-refractivity contribution in [3.05, 3.63) is 218 Å².